The normalized spacial score (nSPS) is 15.5. The van der Waals surface area contributed by atoms with E-state index in [2.05, 4.69) is 24.5 Å². The number of carboxylic acid groups (broad SMARTS) is 1. The minimum Gasteiger partial charge on any atom is -0.493 e. The molecule has 0 atom stereocenters. The molecule has 2 heterocycles. The van der Waals surface area contributed by atoms with Gasteiger partial charge in [-0.05, 0) is 19.0 Å². The summed E-state index contributed by atoms with van der Waals surface area (Å²) in [5, 5.41) is 9.40. The number of ether oxygens (including phenoxy) is 2. The summed E-state index contributed by atoms with van der Waals surface area (Å²) in [6.07, 6.45) is 0.763. The number of hydrogen-bond acceptors (Lipinski definition) is 9. The van der Waals surface area contributed by atoms with E-state index in [0.717, 1.165) is 36.2 Å². The average molecular weight is 455 g/mol. The van der Waals surface area contributed by atoms with Crippen LogP contribution in [-0.4, -0.2) is 88.0 Å². The van der Waals surface area contributed by atoms with E-state index in [4.69, 9.17) is 14.6 Å². The van der Waals surface area contributed by atoms with E-state index in [1.165, 1.54) is 11.0 Å². The highest BCUT2D eigenvalue weighted by molar-refractivity contribution is 7.88. The smallest absolute Gasteiger partial charge is 0.419 e. The lowest BCUT2D eigenvalue weighted by atomic mass is 10.2. The van der Waals surface area contributed by atoms with Crippen LogP contribution in [0, 0.1) is 0 Å². The Morgan fingerprint density at radius 2 is 1.87 bits per heavy atom. The molecule has 13 heteroatoms. The summed E-state index contributed by atoms with van der Waals surface area (Å²) in [6.45, 7) is 3.53. The van der Waals surface area contributed by atoms with Crippen LogP contribution in [-0.2, 0) is 10.2 Å². The van der Waals surface area contributed by atoms with E-state index in [1.54, 1.807) is 14.2 Å². The topological polar surface area (TPSA) is 146 Å². The van der Waals surface area contributed by atoms with E-state index < -0.39 is 16.3 Å². The molecule has 0 spiro atoms. The van der Waals surface area contributed by atoms with Crippen LogP contribution in [0.25, 0.3) is 10.9 Å². The van der Waals surface area contributed by atoms with Gasteiger partial charge in [0, 0.05) is 44.2 Å². The van der Waals surface area contributed by atoms with Crippen molar-refractivity contribution in [2.24, 2.45) is 0 Å². The van der Waals surface area contributed by atoms with Gasteiger partial charge >= 0.3 is 16.3 Å². The number of rotatable bonds is 8. The Morgan fingerprint density at radius 3 is 2.58 bits per heavy atom. The molecule has 31 heavy (non-hydrogen) atoms. The lowest BCUT2D eigenvalue weighted by molar-refractivity contribution is 0.201. The van der Waals surface area contributed by atoms with E-state index in [9.17, 15) is 13.2 Å². The Hall–Kier alpha value is -2.90. The molecule has 1 aromatic carbocycles. The van der Waals surface area contributed by atoms with Crippen molar-refractivity contribution >= 4 is 33.0 Å². The molecule has 1 saturated heterocycles. The number of fused-ring (bicyclic) bond motifs is 1. The highest BCUT2D eigenvalue weighted by Gasteiger charge is 2.20. The van der Waals surface area contributed by atoms with Gasteiger partial charge in [-0.3, -0.25) is 0 Å². The van der Waals surface area contributed by atoms with Crippen LogP contribution in [0.2, 0.25) is 0 Å². The maximum atomic E-state index is 11.5. The first kappa shape index (κ1) is 22.8. The van der Waals surface area contributed by atoms with Crippen molar-refractivity contribution in [3.63, 3.8) is 0 Å². The van der Waals surface area contributed by atoms with Gasteiger partial charge in [0.25, 0.3) is 0 Å². The fourth-order valence-electron chi connectivity index (χ4n) is 3.52. The van der Waals surface area contributed by atoms with Crippen LogP contribution in [0.1, 0.15) is 6.42 Å². The molecule has 0 unspecified atom stereocenters. The number of hydrogen-bond donors (Lipinski definition) is 3. The quantitative estimate of drug-likeness (QED) is 0.507. The van der Waals surface area contributed by atoms with Gasteiger partial charge in [-0.15, -0.1) is 0 Å². The Morgan fingerprint density at radius 1 is 1.13 bits per heavy atom. The number of amides is 1. The van der Waals surface area contributed by atoms with Gasteiger partial charge in [0.2, 0.25) is 0 Å². The number of anilines is 1. The molecule has 0 saturated carbocycles. The third-order valence-electron chi connectivity index (χ3n) is 4.95. The average Bonchev–Trinajstić information content (AvgIpc) is 2.96. The Kier molecular flexibility index (Phi) is 7.30. The van der Waals surface area contributed by atoms with Crippen molar-refractivity contribution in [3.8, 4) is 11.5 Å². The molecule has 3 rings (SSSR count). The van der Waals surface area contributed by atoms with Crippen LogP contribution in [0.4, 0.5) is 10.6 Å². The first-order valence-electron chi connectivity index (χ1n) is 9.67. The van der Waals surface area contributed by atoms with Gasteiger partial charge in [0.1, 0.15) is 12.1 Å². The molecular weight excluding hydrogens is 428 g/mol. The molecule has 0 radical (unpaired) electrons. The molecule has 1 amide bonds. The molecule has 1 fully saturated rings. The second kappa shape index (κ2) is 9.94. The van der Waals surface area contributed by atoms with Gasteiger partial charge in [-0.2, -0.15) is 13.1 Å². The summed E-state index contributed by atoms with van der Waals surface area (Å²) in [5.74, 6) is 2.01. The summed E-state index contributed by atoms with van der Waals surface area (Å²) < 4.78 is 37.5. The van der Waals surface area contributed by atoms with E-state index in [-0.39, 0.29) is 6.54 Å². The van der Waals surface area contributed by atoms with E-state index >= 15 is 0 Å². The summed E-state index contributed by atoms with van der Waals surface area (Å²) in [6, 6.07) is 3.69. The van der Waals surface area contributed by atoms with Crippen molar-refractivity contribution in [2.45, 2.75) is 6.42 Å². The SMILES string of the molecule is COc1cc2ncnc(N3CCCN(CCNS(=O)(=O)NC(=O)O)CC3)c2cc1OC. The minimum absolute atomic E-state index is 0.107. The molecule has 170 valence electrons. The summed E-state index contributed by atoms with van der Waals surface area (Å²) in [7, 11) is -0.900. The summed E-state index contributed by atoms with van der Waals surface area (Å²) in [5.41, 5.74) is 0.754. The standard InChI is InChI=1S/C18H26N6O6S/c1-29-15-10-13-14(11-16(15)30-2)19-12-20-17(13)24-6-3-5-23(8-9-24)7-4-21-31(27,28)22-18(25)26/h10-12,21-22H,3-9H2,1-2H3,(H,25,26). The van der Waals surface area contributed by atoms with E-state index in [1.807, 2.05) is 12.1 Å². The number of methoxy groups -OCH3 is 2. The monoisotopic (exact) mass is 454 g/mol. The predicted octanol–water partition coefficient (Wildman–Crippen LogP) is 0.261. The van der Waals surface area contributed by atoms with Crippen LogP contribution in [0.5, 0.6) is 11.5 Å². The predicted molar refractivity (Wildman–Crippen MR) is 114 cm³/mol. The van der Waals surface area contributed by atoms with Gasteiger partial charge in [-0.1, -0.05) is 0 Å². The first-order chi connectivity index (χ1) is 14.8. The fraction of sp³-hybridized carbons (Fsp3) is 0.500. The van der Waals surface area contributed by atoms with Crippen LogP contribution < -0.4 is 23.8 Å². The van der Waals surface area contributed by atoms with Gasteiger partial charge < -0.3 is 24.4 Å². The molecular formula is C18H26N6O6S. The van der Waals surface area contributed by atoms with Crippen molar-refractivity contribution in [1.29, 1.82) is 0 Å². The highest BCUT2D eigenvalue weighted by atomic mass is 32.2. The Balaban J connectivity index is 1.67. The Labute approximate surface area is 180 Å². The highest BCUT2D eigenvalue weighted by Crippen LogP contribution is 2.34. The fourth-order valence-corrected chi connectivity index (χ4v) is 4.18. The number of nitrogens with one attached hydrogen (secondary N) is 2. The zero-order valence-electron chi connectivity index (χ0n) is 17.4. The van der Waals surface area contributed by atoms with Crippen LogP contribution in [0.15, 0.2) is 18.5 Å². The van der Waals surface area contributed by atoms with Crippen molar-refractivity contribution < 1.29 is 27.8 Å². The molecule has 1 aliphatic heterocycles. The third-order valence-corrected chi connectivity index (χ3v) is 5.98. The van der Waals surface area contributed by atoms with Gasteiger partial charge in [0.05, 0.1) is 19.7 Å². The van der Waals surface area contributed by atoms with Crippen molar-refractivity contribution in [1.82, 2.24) is 24.3 Å². The number of carbonyl (C=O) groups is 1. The van der Waals surface area contributed by atoms with Gasteiger partial charge in [-0.25, -0.2) is 19.5 Å². The lowest BCUT2D eigenvalue weighted by Crippen LogP contribution is -2.43. The van der Waals surface area contributed by atoms with Gasteiger partial charge in [0.15, 0.2) is 11.5 Å². The second-order valence-corrected chi connectivity index (χ2v) is 8.41. The summed E-state index contributed by atoms with van der Waals surface area (Å²) >= 11 is 0. The maximum absolute atomic E-state index is 11.5. The zero-order valence-corrected chi connectivity index (χ0v) is 18.2. The van der Waals surface area contributed by atoms with Crippen molar-refractivity contribution in [2.75, 3.05) is 58.4 Å². The first-order valence-corrected chi connectivity index (χ1v) is 11.2. The number of benzene rings is 1. The van der Waals surface area contributed by atoms with Crippen LogP contribution in [0.3, 0.4) is 0 Å². The molecule has 1 aliphatic rings. The molecule has 3 N–H and O–H groups in total. The zero-order chi connectivity index (χ0) is 22.4. The van der Waals surface area contributed by atoms with Crippen molar-refractivity contribution in [3.05, 3.63) is 18.5 Å². The number of aromatic nitrogens is 2. The molecule has 2 aromatic rings. The largest absolute Gasteiger partial charge is 0.493 e. The third kappa shape index (κ3) is 5.83. The lowest BCUT2D eigenvalue weighted by Gasteiger charge is -2.24. The molecule has 12 nitrogen and oxygen atoms in total. The summed E-state index contributed by atoms with van der Waals surface area (Å²) in [4.78, 5) is 23.6. The van der Waals surface area contributed by atoms with E-state index in [0.29, 0.717) is 31.1 Å². The Bertz CT molecular complexity index is 1030. The molecule has 0 bridgehead atoms. The second-order valence-electron chi connectivity index (χ2n) is 6.91. The molecule has 0 aliphatic carbocycles. The van der Waals surface area contributed by atoms with Crippen LogP contribution >= 0.6 is 0 Å². The maximum Gasteiger partial charge on any atom is 0.419 e. The minimum atomic E-state index is -4.06. The number of nitrogens with zero attached hydrogens (tertiary/aromatic N) is 4. The molecule has 1 aromatic heterocycles.